The molecule has 234 valence electrons. The highest BCUT2D eigenvalue weighted by Crippen LogP contribution is 2.09. The van der Waals surface area contributed by atoms with Crippen LogP contribution in [0.3, 0.4) is 0 Å². The van der Waals surface area contributed by atoms with Gasteiger partial charge in [0.2, 0.25) is 23.6 Å². The van der Waals surface area contributed by atoms with E-state index in [0.717, 1.165) is 32.1 Å². The Morgan fingerprint density at radius 1 is 0.488 bits per heavy atom. The number of carbonyl (C=O) groups excluding carboxylic acids is 7. The molecule has 0 spiro atoms. The van der Waals surface area contributed by atoms with Crippen molar-refractivity contribution in [3.05, 3.63) is 0 Å². The maximum absolute atomic E-state index is 12.9. The van der Waals surface area contributed by atoms with Crippen molar-refractivity contribution in [2.24, 2.45) is 0 Å². The van der Waals surface area contributed by atoms with E-state index in [0.29, 0.717) is 57.9 Å². The van der Waals surface area contributed by atoms with Gasteiger partial charge in [0.1, 0.15) is 11.6 Å². The summed E-state index contributed by atoms with van der Waals surface area (Å²) in [4.78, 5) is 85.5. The lowest BCUT2D eigenvalue weighted by Crippen LogP contribution is -2.43. The van der Waals surface area contributed by atoms with E-state index in [1.54, 1.807) is 14.1 Å². The molecule has 0 aromatic carbocycles. The van der Waals surface area contributed by atoms with Crippen molar-refractivity contribution >= 4 is 41.0 Å². The lowest BCUT2D eigenvalue weighted by molar-refractivity contribution is -0.139. The minimum atomic E-state index is -0.420. The van der Waals surface area contributed by atoms with Crippen LogP contribution in [-0.4, -0.2) is 79.6 Å². The predicted molar refractivity (Wildman–Crippen MR) is 157 cm³/mol. The molecule has 0 aromatic heterocycles. The first kappa shape index (κ1) is 37.9. The highest BCUT2D eigenvalue weighted by atomic mass is 16.2. The Morgan fingerprint density at radius 2 is 0.976 bits per heavy atom. The van der Waals surface area contributed by atoms with Crippen LogP contribution >= 0.6 is 0 Å². The smallest absolute Gasteiger partial charge is 0.239 e. The first-order valence-corrected chi connectivity index (χ1v) is 15.1. The normalized spacial score (nSPS) is 10.5. The molecule has 11 nitrogen and oxygen atoms in total. The Morgan fingerprint density at radius 3 is 1.56 bits per heavy atom. The highest BCUT2D eigenvalue weighted by Gasteiger charge is 2.21. The first-order valence-electron chi connectivity index (χ1n) is 15.1. The van der Waals surface area contributed by atoms with Crippen LogP contribution in [0, 0.1) is 0 Å². The lowest BCUT2D eigenvalue weighted by Gasteiger charge is -2.21. The molecule has 0 rings (SSSR count). The molecule has 0 bridgehead atoms. The molecule has 11 heteroatoms. The molecule has 0 heterocycles. The number of nitrogens with one attached hydrogen (secondary N) is 3. The molecule has 0 aliphatic rings. The molecule has 0 aliphatic heterocycles. The molecule has 0 saturated carbocycles. The van der Waals surface area contributed by atoms with Crippen LogP contribution < -0.4 is 16.0 Å². The largest absolute Gasteiger partial charge is 0.359 e. The molecule has 0 fully saturated rings. The van der Waals surface area contributed by atoms with Crippen LogP contribution in [0.25, 0.3) is 0 Å². The molecule has 0 radical (unpaired) electrons. The third kappa shape index (κ3) is 22.3. The topological polar surface area (TPSA) is 159 Å². The van der Waals surface area contributed by atoms with Crippen molar-refractivity contribution in [3.8, 4) is 0 Å². The third-order valence-corrected chi connectivity index (χ3v) is 6.80. The number of Topliss-reactive ketones (excluding diaryl/α,β-unsaturated/α-hetero) is 3. The van der Waals surface area contributed by atoms with Crippen LogP contribution in [0.2, 0.25) is 0 Å². The second-order valence-electron chi connectivity index (χ2n) is 10.3. The molecular weight excluding hydrogens is 528 g/mol. The van der Waals surface area contributed by atoms with Gasteiger partial charge in [-0.05, 0) is 38.5 Å². The molecule has 3 N–H and O–H groups in total. The Labute approximate surface area is 245 Å². The average molecular weight is 581 g/mol. The maximum atomic E-state index is 12.9. The zero-order chi connectivity index (χ0) is 30.9. The third-order valence-electron chi connectivity index (χ3n) is 6.80. The van der Waals surface area contributed by atoms with Crippen LogP contribution in [-0.2, 0) is 33.6 Å². The van der Waals surface area contributed by atoms with E-state index in [1.165, 1.54) is 4.90 Å². The summed E-state index contributed by atoms with van der Waals surface area (Å²) < 4.78 is 0. The number of carbonyl (C=O) groups is 7. The number of ketones is 3. The van der Waals surface area contributed by atoms with Gasteiger partial charge in [-0.15, -0.1) is 0 Å². The van der Waals surface area contributed by atoms with Crippen LogP contribution in [0.15, 0.2) is 0 Å². The summed E-state index contributed by atoms with van der Waals surface area (Å²) in [5.74, 6) is -0.910. The van der Waals surface area contributed by atoms with Crippen LogP contribution in [0.4, 0.5) is 0 Å². The second kappa shape index (κ2) is 24.7. The highest BCUT2D eigenvalue weighted by molar-refractivity contribution is 5.91. The van der Waals surface area contributed by atoms with E-state index in [9.17, 15) is 33.6 Å². The molecule has 0 aliphatic carbocycles. The summed E-state index contributed by atoms with van der Waals surface area (Å²) in [6, 6.07) is 0. The van der Waals surface area contributed by atoms with Crippen molar-refractivity contribution in [2.45, 2.75) is 116 Å². The fourth-order valence-corrected chi connectivity index (χ4v) is 4.13. The van der Waals surface area contributed by atoms with Gasteiger partial charge in [0, 0.05) is 72.0 Å². The fourth-order valence-electron chi connectivity index (χ4n) is 4.13. The van der Waals surface area contributed by atoms with E-state index in [1.807, 2.05) is 6.92 Å². The minimum absolute atomic E-state index is 0.0116. The summed E-state index contributed by atoms with van der Waals surface area (Å²) in [7, 11) is 3.15. The van der Waals surface area contributed by atoms with Gasteiger partial charge in [-0.25, -0.2) is 0 Å². The number of hydrogen-bond acceptors (Lipinski definition) is 7. The van der Waals surface area contributed by atoms with Crippen LogP contribution in [0.5, 0.6) is 0 Å². The molecule has 0 saturated heterocycles. The molecular formula is C30H52N4O7. The van der Waals surface area contributed by atoms with E-state index in [-0.39, 0.29) is 73.8 Å². The van der Waals surface area contributed by atoms with Crippen molar-refractivity contribution in [2.75, 3.05) is 33.7 Å². The zero-order valence-electron chi connectivity index (χ0n) is 25.4. The van der Waals surface area contributed by atoms with E-state index < -0.39 is 5.91 Å². The van der Waals surface area contributed by atoms with Crippen molar-refractivity contribution in [1.29, 1.82) is 0 Å². The first-order chi connectivity index (χ1) is 19.6. The van der Waals surface area contributed by atoms with E-state index in [2.05, 4.69) is 16.0 Å². The van der Waals surface area contributed by atoms with Crippen molar-refractivity contribution < 1.29 is 33.6 Å². The molecule has 0 unspecified atom stereocenters. The Balaban J connectivity index is 4.69. The summed E-state index contributed by atoms with van der Waals surface area (Å²) in [6.45, 7) is 1.80. The number of rotatable bonds is 26. The molecule has 0 atom stereocenters. The predicted octanol–water partition coefficient (Wildman–Crippen LogP) is 2.78. The minimum Gasteiger partial charge on any atom is -0.359 e. The average Bonchev–Trinajstić information content (AvgIpc) is 2.96. The molecule has 4 amide bonds. The second-order valence-corrected chi connectivity index (χ2v) is 10.3. The Hall–Kier alpha value is -3.11. The van der Waals surface area contributed by atoms with Gasteiger partial charge in [0.15, 0.2) is 5.78 Å². The van der Waals surface area contributed by atoms with E-state index in [4.69, 9.17) is 0 Å². The summed E-state index contributed by atoms with van der Waals surface area (Å²) in [5.41, 5.74) is 0. The molecule has 41 heavy (non-hydrogen) atoms. The quantitative estimate of drug-likeness (QED) is 0.133. The summed E-state index contributed by atoms with van der Waals surface area (Å²) >= 11 is 0. The van der Waals surface area contributed by atoms with Gasteiger partial charge < -0.3 is 20.9 Å². The monoisotopic (exact) mass is 580 g/mol. The van der Waals surface area contributed by atoms with Gasteiger partial charge in [0.05, 0.1) is 13.1 Å². The summed E-state index contributed by atoms with van der Waals surface area (Å²) in [6.07, 6.45) is 8.76. The van der Waals surface area contributed by atoms with Gasteiger partial charge in [-0.1, -0.05) is 26.2 Å². The van der Waals surface area contributed by atoms with Gasteiger partial charge >= 0.3 is 0 Å². The fraction of sp³-hybridized carbons (Fsp3) is 0.767. The standard InChI is InChI=1S/C30H52N4O7/c1-4-24(35)14-9-7-13-21-33-29(40)23-34(22-26(37)16-8-5-6-10-17-27(38)31-2)30(41)20-19-25(36)15-11-12-18-28(39)32-3/h4-23H2,1-3H3,(H,31,38)(H,32,39)(H,33,40). The summed E-state index contributed by atoms with van der Waals surface area (Å²) in [5, 5.41) is 7.88. The Kier molecular flexibility index (Phi) is 22.8. The van der Waals surface area contributed by atoms with Gasteiger partial charge in [-0.2, -0.15) is 0 Å². The maximum Gasteiger partial charge on any atom is 0.239 e. The lowest BCUT2D eigenvalue weighted by atomic mass is 10.1. The van der Waals surface area contributed by atoms with E-state index >= 15 is 0 Å². The number of amides is 4. The zero-order valence-corrected chi connectivity index (χ0v) is 25.4. The molecule has 0 aromatic rings. The van der Waals surface area contributed by atoms with Crippen molar-refractivity contribution in [3.63, 3.8) is 0 Å². The number of unbranched alkanes of at least 4 members (excludes halogenated alkanes) is 6. The Bertz CT molecular complexity index is 803. The van der Waals surface area contributed by atoms with Gasteiger partial charge in [0.25, 0.3) is 0 Å². The number of nitrogens with zero attached hydrogens (tertiary/aromatic N) is 1. The number of hydrogen-bond donors (Lipinski definition) is 3. The van der Waals surface area contributed by atoms with Crippen molar-refractivity contribution in [1.82, 2.24) is 20.9 Å². The van der Waals surface area contributed by atoms with Crippen LogP contribution in [0.1, 0.15) is 116 Å². The SMILES string of the molecule is CCC(=O)CCCCCNC(=O)CN(CC(=O)CCCCCCC(=O)NC)C(=O)CCC(=O)CCCCC(=O)NC. The van der Waals surface area contributed by atoms with Gasteiger partial charge in [-0.3, -0.25) is 33.6 Å².